The van der Waals surface area contributed by atoms with Gasteiger partial charge in [-0.1, -0.05) is 19.1 Å². The molecule has 1 aromatic rings. The van der Waals surface area contributed by atoms with Crippen LogP contribution in [0.1, 0.15) is 12.5 Å². The lowest BCUT2D eigenvalue weighted by Crippen LogP contribution is -2.18. The first-order valence-corrected chi connectivity index (χ1v) is 7.70. The summed E-state index contributed by atoms with van der Waals surface area (Å²) in [5, 5.41) is 10.8. The Balaban J connectivity index is 2.82. The van der Waals surface area contributed by atoms with Gasteiger partial charge < -0.3 is 5.73 Å². The monoisotopic (exact) mass is 334 g/mol. The standard InChI is InChI=1S/C11H15BrN2O3S/c1-8(5-13)6-18(17)7-9-3-2-4-10(11(9)12)14(15)16/h2-4,8H,5-7,13H2,1H3. The van der Waals surface area contributed by atoms with Gasteiger partial charge in [-0.3, -0.25) is 14.3 Å². The highest BCUT2D eigenvalue weighted by Crippen LogP contribution is 2.29. The van der Waals surface area contributed by atoms with Crippen molar-refractivity contribution in [3.05, 3.63) is 38.3 Å². The fourth-order valence-electron chi connectivity index (χ4n) is 1.44. The Kier molecular flexibility index (Phi) is 5.90. The van der Waals surface area contributed by atoms with Crippen molar-refractivity contribution in [3.8, 4) is 0 Å². The zero-order valence-corrected chi connectivity index (χ0v) is 12.4. The molecule has 0 spiro atoms. The first-order valence-electron chi connectivity index (χ1n) is 5.42. The van der Waals surface area contributed by atoms with Crippen LogP contribution in [0.3, 0.4) is 0 Å². The van der Waals surface area contributed by atoms with E-state index in [0.717, 1.165) is 0 Å². The van der Waals surface area contributed by atoms with E-state index in [-0.39, 0.29) is 11.6 Å². The second kappa shape index (κ2) is 6.96. The van der Waals surface area contributed by atoms with E-state index in [0.29, 0.717) is 28.1 Å². The molecule has 0 aliphatic carbocycles. The topological polar surface area (TPSA) is 86.2 Å². The second-order valence-corrected chi connectivity index (χ2v) is 6.39. The van der Waals surface area contributed by atoms with Crippen LogP contribution in [0, 0.1) is 16.0 Å². The molecule has 2 unspecified atom stereocenters. The SMILES string of the molecule is CC(CN)CS(=O)Cc1cccc([N+](=O)[O-])c1Br. The van der Waals surface area contributed by atoms with Gasteiger partial charge in [0.15, 0.2) is 0 Å². The highest BCUT2D eigenvalue weighted by molar-refractivity contribution is 9.10. The summed E-state index contributed by atoms with van der Waals surface area (Å²) < 4.78 is 12.3. The summed E-state index contributed by atoms with van der Waals surface area (Å²) in [6.07, 6.45) is 0. The molecule has 0 amide bonds. The molecular weight excluding hydrogens is 320 g/mol. The first-order chi connectivity index (χ1) is 8.45. The molecule has 5 nitrogen and oxygen atoms in total. The van der Waals surface area contributed by atoms with Crippen LogP contribution in [0.15, 0.2) is 22.7 Å². The molecule has 1 rings (SSSR count). The highest BCUT2D eigenvalue weighted by atomic mass is 79.9. The van der Waals surface area contributed by atoms with Gasteiger partial charge in [0, 0.05) is 28.4 Å². The third kappa shape index (κ3) is 4.15. The summed E-state index contributed by atoms with van der Waals surface area (Å²) in [6, 6.07) is 4.75. The van der Waals surface area contributed by atoms with E-state index in [1.165, 1.54) is 6.07 Å². The number of nitrogens with two attached hydrogens (primary N) is 1. The maximum Gasteiger partial charge on any atom is 0.283 e. The van der Waals surface area contributed by atoms with Gasteiger partial charge in [0.2, 0.25) is 0 Å². The largest absolute Gasteiger partial charge is 0.330 e. The number of halogens is 1. The summed E-state index contributed by atoms with van der Waals surface area (Å²) in [7, 11) is -1.07. The zero-order chi connectivity index (χ0) is 13.7. The van der Waals surface area contributed by atoms with E-state index in [4.69, 9.17) is 5.73 Å². The maximum atomic E-state index is 11.9. The van der Waals surface area contributed by atoms with Crippen molar-refractivity contribution in [1.82, 2.24) is 0 Å². The van der Waals surface area contributed by atoms with Crippen molar-refractivity contribution < 1.29 is 9.13 Å². The van der Waals surface area contributed by atoms with Crippen molar-refractivity contribution >= 4 is 32.4 Å². The highest BCUT2D eigenvalue weighted by Gasteiger charge is 2.16. The third-order valence-corrected chi connectivity index (χ3v) is 4.93. The van der Waals surface area contributed by atoms with Gasteiger partial charge >= 0.3 is 0 Å². The van der Waals surface area contributed by atoms with E-state index in [9.17, 15) is 14.3 Å². The van der Waals surface area contributed by atoms with Crippen molar-refractivity contribution in [2.45, 2.75) is 12.7 Å². The van der Waals surface area contributed by atoms with Crippen LogP contribution in [0.25, 0.3) is 0 Å². The van der Waals surface area contributed by atoms with Crippen LogP contribution in [-0.2, 0) is 16.6 Å². The smallest absolute Gasteiger partial charge is 0.283 e. The minimum absolute atomic E-state index is 0.00336. The number of benzene rings is 1. The lowest BCUT2D eigenvalue weighted by Gasteiger charge is -2.09. The van der Waals surface area contributed by atoms with E-state index < -0.39 is 15.7 Å². The zero-order valence-electron chi connectivity index (χ0n) is 9.97. The fraction of sp³-hybridized carbons (Fsp3) is 0.455. The van der Waals surface area contributed by atoms with E-state index in [1.54, 1.807) is 12.1 Å². The van der Waals surface area contributed by atoms with Gasteiger partial charge in [0.1, 0.15) is 0 Å². The molecule has 0 saturated heterocycles. The average Bonchev–Trinajstić information content (AvgIpc) is 2.31. The van der Waals surface area contributed by atoms with Crippen LogP contribution in [0.5, 0.6) is 0 Å². The molecule has 0 aliphatic heterocycles. The predicted molar refractivity (Wildman–Crippen MR) is 75.7 cm³/mol. The normalized spacial score (nSPS) is 14.2. The lowest BCUT2D eigenvalue weighted by molar-refractivity contribution is -0.385. The van der Waals surface area contributed by atoms with Crippen LogP contribution >= 0.6 is 15.9 Å². The maximum absolute atomic E-state index is 11.9. The molecule has 2 atom stereocenters. The van der Waals surface area contributed by atoms with Gasteiger partial charge in [0.25, 0.3) is 5.69 Å². The van der Waals surface area contributed by atoms with Gasteiger partial charge in [-0.15, -0.1) is 0 Å². The number of rotatable bonds is 6. The van der Waals surface area contributed by atoms with Crippen molar-refractivity contribution in [2.75, 3.05) is 12.3 Å². The lowest BCUT2D eigenvalue weighted by atomic mass is 10.2. The Morgan fingerprint density at radius 3 is 2.78 bits per heavy atom. The summed E-state index contributed by atoms with van der Waals surface area (Å²) >= 11 is 3.19. The van der Waals surface area contributed by atoms with Crippen molar-refractivity contribution in [1.29, 1.82) is 0 Å². The van der Waals surface area contributed by atoms with Gasteiger partial charge in [-0.25, -0.2) is 0 Å². The Morgan fingerprint density at radius 2 is 2.22 bits per heavy atom. The van der Waals surface area contributed by atoms with Gasteiger partial charge in [-0.05, 0) is 34.0 Å². The summed E-state index contributed by atoms with van der Waals surface area (Å²) in [6.45, 7) is 2.42. The van der Waals surface area contributed by atoms with Gasteiger partial charge in [0.05, 0.1) is 9.40 Å². The number of nitrogens with zero attached hydrogens (tertiary/aromatic N) is 1. The molecular formula is C11H15BrN2O3S. The molecule has 100 valence electrons. The number of hydrogen-bond donors (Lipinski definition) is 1. The number of nitro groups is 1. The molecule has 18 heavy (non-hydrogen) atoms. The Morgan fingerprint density at radius 1 is 1.56 bits per heavy atom. The minimum atomic E-state index is -1.07. The summed E-state index contributed by atoms with van der Waals surface area (Å²) in [5.41, 5.74) is 6.16. The van der Waals surface area contributed by atoms with Crippen molar-refractivity contribution in [2.24, 2.45) is 11.7 Å². The molecule has 0 saturated carbocycles. The molecule has 1 aromatic carbocycles. The molecule has 0 aliphatic rings. The Labute approximate surface area is 116 Å². The number of nitro benzene ring substituents is 1. The Bertz CT molecular complexity index is 468. The van der Waals surface area contributed by atoms with E-state index >= 15 is 0 Å². The molecule has 0 radical (unpaired) electrons. The third-order valence-electron chi connectivity index (χ3n) is 2.44. The Hall–Kier alpha value is -0.790. The molecule has 0 aromatic heterocycles. The number of hydrogen-bond acceptors (Lipinski definition) is 4. The van der Waals surface area contributed by atoms with Crippen LogP contribution < -0.4 is 5.73 Å². The predicted octanol–water partition coefficient (Wildman–Crippen LogP) is 2.20. The van der Waals surface area contributed by atoms with Gasteiger partial charge in [-0.2, -0.15) is 0 Å². The average molecular weight is 335 g/mol. The quantitative estimate of drug-likeness (QED) is 0.638. The first kappa shape index (κ1) is 15.3. The van der Waals surface area contributed by atoms with Crippen molar-refractivity contribution in [3.63, 3.8) is 0 Å². The molecule has 0 fully saturated rings. The summed E-state index contributed by atoms with van der Waals surface area (Å²) in [4.78, 5) is 10.3. The molecule has 0 bridgehead atoms. The van der Waals surface area contributed by atoms with E-state index in [2.05, 4.69) is 15.9 Å². The second-order valence-electron chi connectivity index (χ2n) is 4.10. The molecule has 0 heterocycles. The summed E-state index contributed by atoms with van der Waals surface area (Å²) in [5.74, 6) is 0.987. The van der Waals surface area contributed by atoms with E-state index in [1.807, 2.05) is 6.92 Å². The molecule has 2 N–H and O–H groups in total. The van der Waals surface area contributed by atoms with Crippen LogP contribution in [-0.4, -0.2) is 21.4 Å². The minimum Gasteiger partial charge on any atom is -0.330 e. The van der Waals surface area contributed by atoms with Crippen LogP contribution in [0.4, 0.5) is 5.69 Å². The fourth-order valence-corrected chi connectivity index (χ4v) is 3.65. The molecule has 7 heteroatoms. The van der Waals surface area contributed by atoms with Crippen LogP contribution in [0.2, 0.25) is 0 Å².